The Kier molecular flexibility index (Phi) is 3.85. The van der Waals surface area contributed by atoms with E-state index in [2.05, 4.69) is 20.9 Å². The van der Waals surface area contributed by atoms with E-state index in [-0.39, 0.29) is 22.7 Å². The Morgan fingerprint density at radius 1 is 1.09 bits per heavy atom. The quantitative estimate of drug-likeness (QED) is 0.595. The summed E-state index contributed by atoms with van der Waals surface area (Å²) in [5, 5.41) is 0. The van der Waals surface area contributed by atoms with Crippen molar-refractivity contribution in [2.45, 2.75) is 0 Å². The summed E-state index contributed by atoms with van der Waals surface area (Å²) in [5.74, 6) is -1.94. The molecule has 1 aliphatic rings. The first-order chi connectivity index (χ1) is 10.5. The third-order valence-electron chi connectivity index (χ3n) is 2.98. The van der Waals surface area contributed by atoms with E-state index in [0.29, 0.717) is 4.47 Å². The van der Waals surface area contributed by atoms with Gasteiger partial charge in [-0.3, -0.25) is 0 Å². The monoisotopic (exact) mass is 363 g/mol. The summed E-state index contributed by atoms with van der Waals surface area (Å²) in [6, 6.07) is 10.1. The van der Waals surface area contributed by atoms with Crippen LogP contribution in [0.3, 0.4) is 0 Å². The number of carbonyl (C=O) groups excluding carboxylic acids is 1. The molecule has 0 fully saturated rings. The van der Waals surface area contributed by atoms with Gasteiger partial charge in [0.1, 0.15) is 11.6 Å². The number of hydrogen-bond acceptors (Lipinski definition) is 3. The fourth-order valence-corrected chi connectivity index (χ4v) is 2.31. The van der Waals surface area contributed by atoms with Crippen LogP contribution in [0.25, 0.3) is 6.08 Å². The zero-order valence-corrected chi connectivity index (χ0v) is 12.6. The van der Waals surface area contributed by atoms with E-state index >= 15 is 0 Å². The Morgan fingerprint density at radius 2 is 1.86 bits per heavy atom. The molecule has 0 N–H and O–H groups in total. The van der Waals surface area contributed by atoms with Gasteiger partial charge in [0.05, 0.1) is 5.56 Å². The second-order valence-corrected chi connectivity index (χ2v) is 5.40. The van der Waals surface area contributed by atoms with Gasteiger partial charge in [0.15, 0.2) is 5.70 Å². The molecule has 3 rings (SSSR count). The summed E-state index contributed by atoms with van der Waals surface area (Å²) in [6.45, 7) is 0. The van der Waals surface area contributed by atoms with E-state index in [1.807, 2.05) is 0 Å². The van der Waals surface area contributed by atoms with Crippen molar-refractivity contribution in [3.63, 3.8) is 0 Å². The molecule has 0 radical (unpaired) electrons. The van der Waals surface area contributed by atoms with Crippen LogP contribution in [-0.4, -0.2) is 11.9 Å². The van der Waals surface area contributed by atoms with E-state index in [4.69, 9.17) is 4.74 Å². The summed E-state index contributed by atoms with van der Waals surface area (Å²) in [5.41, 5.74) is 0.170. The highest BCUT2D eigenvalue weighted by atomic mass is 79.9. The number of halogens is 3. The van der Waals surface area contributed by atoms with Gasteiger partial charge in [-0.2, -0.15) is 0 Å². The lowest BCUT2D eigenvalue weighted by Crippen LogP contribution is -2.07. The Labute approximate surface area is 133 Å². The van der Waals surface area contributed by atoms with E-state index in [9.17, 15) is 13.6 Å². The van der Waals surface area contributed by atoms with E-state index in [1.165, 1.54) is 36.4 Å². The van der Waals surface area contributed by atoms with Crippen molar-refractivity contribution in [1.29, 1.82) is 0 Å². The molecule has 0 atom stereocenters. The number of aliphatic imine (C=N–C) groups is 1. The van der Waals surface area contributed by atoms with Crippen LogP contribution >= 0.6 is 15.9 Å². The molecule has 1 aliphatic heterocycles. The zero-order chi connectivity index (χ0) is 15.7. The smallest absolute Gasteiger partial charge is 0.363 e. The predicted octanol–water partition coefficient (Wildman–Crippen LogP) is 4.07. The van der Waals surface area contributed by atoms with Gasteiger partial charge in [-0.25, -0.2) is 18.6 Å². The Morgan fingerprint density at radius 3 is 2.64 bits per heavy atom. The molecule has 110 valence electrons. The molecule has 0 saturated carbocycles. The Bertz CT molecular complexity index is 831. The van der Waals surface area contributed by atoms with Crippen molar-refractivity contribution in [3.05, 3.63) is 75.4 Å². The normalized spacial score (nSPS) is 15.9. The molecule has 0 unspecified atom stereocenters. The predicted molar refractivity (Wildman–Crippen MR) is 81.1 cm³/mol. The first kappa shape index (κ1) is 14.6. The number of ether oxygens (including phenoxy) is 1. The first-order valence-electron chi connectivity index (χ1n) is 6.27. The summed E-state index contributed by atoms with van der Waals surface area (Å²) in [7, 11) is 0. The highest BCUT2D eigenvalue weighted by Gasteiger charge is 2.26. The number of benzene rings is 2. The van der Waals surface area contributed by atoms with Crippen molar-refractivity contribution < 1.29 is 18.3 Å². The van der Waals surface area contributed by atoms with Gasteiger partial charge in [0.25, 0.3) is 0 Å². The Hall–Kier alpha value is -2.34. The van der Waals surface area contributed by atoms with Crippen molar-refractivity contribution in [1.82, 2.24) is 0 Å². The van der Waals surface area contributed by atoms with Gasteiger partial charge < -0.3 is 4.74 Å². The SMILES string of the molecule is O=C1OC(c2ccccc2F)=N/C1=C\c1cc(Br)ccc1F. The van der Waals surface area contributed by atoms with Crippen LogP contribution in [-0.2, 0) is 9.53 Å². The average molecular weight is 364 g/mol. The minimum Gasteiger partial charge on any atom is -0.402 e. The number of hydrogen-bond donors (Lipinski definition) is 0. The molecule has 0 spiro atoms. The summed E-state index contributed by atoms with van der Waals surface area (Å²) in [6.07, 6.45) is 1.26. The van der Waals surface area contributed by atoms with Gasteiger partial charge in [-0.1, -0.05) is 28.1 Å². The maximum absolute atomic E-state index is 13.7. The average Bonchev–Trinajstić information content (AvgIpc) is 2.84. The lowest BCUT2D eigenvalue weighted by Gasteiger charge is -1.99. The number of rotatable bonds is 2. The Balaban J connectivity index is 2.02. The maximum Gasteiger partial charge on any atom is 0.363 e. The third-order valence-corrected chi connectivity index (χ3v) is 3.47. The summed E-state index contributed by atoms with van der Waals surface area (Å²) >= 11 is 3.22. The first-order valence-corrected chi connectivity index (χ1v) is 7.06. The number of cyclic esters (lactones) is 1. The molecular weight excluding hydrogens is 356 g/mol. The molecule has 22 heavy (non-hydrogen) atoms. The molecule has 0 saturated heterocycles. The second kappa shape index (κ2) is 5.81. The highest BCUT2D eigenvalue weighted by Crippen LogP contribution is 2.23. The lowest BCUT2D eigenvalue weighted by molar-refractivity contribution is -0.129. The van der Waals surface area contributed by atoms with Gasteiger partial charge >= 0.3 is 5.97 Å². The van der Waals surface area contributed by atoms with Gasteiger partial charge in [-0.15, -0.1) is 0 Å². The van der Waals surface area contributed by atoms with Crippen molar-refractivity contribution in [2.75, 3.05) is 0 Å². The fourth-order valence-electron chi connectivity index (χ4n) is 1.93. The number of esters is 1. The summed E-state index contributed by atoms with van der Waals surface area (Å²) < 4.78 is 33.0. The van der Waals surface area contributed by atoms with Crippen LogP contribution in [0.4, 0.5) is 8.78 Å². The van der Waals surface area contributed by atoms with E-state index in [0.717, 1.165) is 0 Å². The van der Waals surface area contributed by atoms with Gasteiger partial charge in [-0.05, 0) is 36.4 Å². The third kappa shape index (κ3) is 2.82. The molecule has 1 heterocycles. The highest BCUT2D eigenvalue weighted by molar-refractivity contribution is 9.10. The largest absolute Gasteiger partial charge is 0.402 e. The maximum atomic E-state index is 13.7. The molecular formula is C16H8BrF2NO2. The zero-order valence-electron chi connectivity index (χ0n) is 11.0. The van der Waals surface area contributed by atoms with E-state index < -0.39 is 17.6 Å². The van der Waals surface area contributed by atoms with Crippen molar-refractivity contribution >= 4 is 33.9 Å². The molecule has 0 aliphatic carbocycles. The lowest BCUT2D eigenvalue weighted by atomic mass is 10.2. The molecule has 6 heteroatoms. The topological polar surface area (TPSA) is 38.7 Å². The molecule has 0 bridgehead atoms. The second-order valence-electron chi connectivity index (χ2n) is 4.48. The van der Waals surface area contributed by atoms with Crippen LogP contribution in [0, 0.1) is 11.6 Å². The van der Waals surface area contributed by atoms with Gasteiger partial charge in [0, 0.05) is 10.0 Å². The molecule has 0 amide bonds. The van der Waals surface area contributed by atoms with Crippen LogP contribution in [0.1, 0.15) is 11.1 Å². The standard InChI is InChI=1S/C16H8BrF2NO2/c17-10-5-6-12(18)9(7-10)8-14-16(21)22-15(20-14)11-3-1-2-4-13(11)19/h1-8H/b14-8-. The van der Waals surface area contributed by atoms with Crippen LogP contribution in [0.15, 0.2) is 57.6 Å². The number of carbonyl (C=O) groups is 1. The van der Waals surface area contributed by atoms with Crippen molar-refractivity contribution in [3.8, 4) is 0 Å². The van der Waals surface area contributed by atoms with Crippen LogP contribution < -0.4 is 0 Å². The molecule has 2 aromatic rings. The fraction of sp³-hybridized carbons (Fsp3) is 0. The minimum absolute atomic E-state index is 0.0777. The van der Waals surface area contributed by atoms with Gasteiger partial charge in [0.2, 0.25) is 5.90 Å². The van der Waals surface area contributed by atoms with Crippen LogP contribution in [0.2, 0.25) is 0 Å². The molecule has 0 aromatic heterocycles. The minimum atomic E-state index is -0.752. The summed E-state index contributed by atoms with van der Waals surface area (Å²) in [4.78, 5) is 15.8. The van der Waals surface area contributed by atoms with Crippen molar-refractivity contribution in [2.24, 2.45) is 4.99 Å². The number of nitrogens with zero attached hydrogens (tertiary/aromatic N) is 1. The molecule has 3 nitrogen and oxygen atoms in total. The van der Waals surface area contributed by atoms with Crippen LogP contribution in [0.5, 0.6) is 0 Å². The molecule has 2 aromatic carbocycles. The van der Waals surface area contributed by atoms with E-state index in [1.54, 1.807) is 12.1 Å².